The van der Waals surface area contributed by atoms with E-state index in [-0.39, 0.29) is 32.5 Å². The molecule has 51 heavy (non-hydrogen) atoms. The van der Waals surface area contributed by atoms with Gasteiger partial charge in [-0.3, -0.25) is 14.4 Å². The smallest absolute Gasteiger partial charge is 0.410 e. The third kappa shape index (κ3) is 15.0. The van der Waals surface area contributed by atoms with Gasteiger partial charge in [0.05, 0.1) is 32.2 Å². The van der Waals surface area contributed by atoms with Gasteiger partial charge in [0.25, 0.3) is 11.8 Å². The molecule has 1 N–H and O–H groups in total. The molecule has 0 aromatic heterocycles. The summed E-state index contributed by atoms with van der Waals surface area (Å²) in [6.07, 6.45) is 11.0. The minimum Gasteiger partial charge on any atom is -0.724 e. The van der Waals surface area contributed by atoms with Gasteiger partial charge in [-0.05, 0) is 59.3 Å². The Kier molecular flexibility index (Phi) is 18.4. The number of nitrogens with zero attached hydrogens (tertiary/aromatic N) is 5. The molecule has 0 spiro atoms. The van der Waals surface area contributed by atoms with Crippen LogP contribution in [0.5, 0.6) is 0 Å². The van der Waals surface area contributed by atoms with Crippen LogP contribution >= 0.6 is 0 Å². The predicted octanol–water partition coefficient (Wildman–Crippen LogP) is 3.78. The number of carbonyl (C=O) groups excluding carboxylic acids is 4. The molecule has 16 nitrogen and oxygen atoms in total. The van der Waals surface area contributed by atoms with Crippen LogP contribution in [0.25, 0.3) is 0 Å². The van der Waals surface area contributed by atoms with Gasteiger partial charge in [0.1, 0.15) is 11.6 Å². The second kappa shape index (κ2) is 21.1. The molecule has 0 unspecified atom stereocenters. The van der Waals surface area contributed by atoms with Crippen LogP contribution in [0, 0.1) is 0 Å². The Labute approximate surface area is 305 Å². The zero-order valence-electron chi connectivity index (χ0n) is 32.0. The van der Waals surface area contributed by atoms with E-state index in [1.54, 1.807) is 20.8 Å². The Morgan fingerprint density at radius 3 is 1.78 bits per heavy atom. The summed E-state index contributed by atoms with van der Waals surface area (Å²) in [6.45, 7) is 21.0. The SMILES string of the molecule is CC(C)(C)OC(=O)N1CCN(C(=O)CONC(=O)[C@@H]2CC[C@@H]3CN2C(=O)N3OS(=O)(=O)[O-])CC1.CCCC[N+](CCCC)(CCCC)CCCC. The molecule has 3 rings (SSSR count). The Morgan fingerprint density at radius 2 is 1.33 bits per heavy atom. The Hall–Kier alpha value is -2.73. The highest BCUT2D eigenvalue weighted by Gasteiger charge is 2.49. The van der Waals surface area contributed by atoms with E-state index in [9.17, 15) is 32.1 Å². The van der Waals surface area contributed by atoms with Crippen LogP contribution in [0.4, 0.5) is 9.59 Å². The van der Waals surface area contributed by atoms with Gasteiger partial charge in [-0.1, -0.05) is 53.4 Å². The topological polar surface area (TPSA) is 178 Å². The molecule has 3 saturated heterocycles. The highest BCUT2D eigenvalue weighted by molar-refractivity contribution is 7.80. The first-order chi connectivity index (χ1) is 24.0. The highest BCUT2D eigenvalue weighted by atomic mass is 32.3. The van der Waals surface area contributed by atoms with E-state index < -0.39 is 58.6 Å². The van der Waals surface area contributed by atoms with E-state index in [1.165, 1.54) is 91.8 Å². The summed E-state index contributed by atoms with van der Waals surface area (Å²) in [7, 11) is -5.14. The van der Waals surface area contributed by atoms with Crippen LogP contribution in [0.1, 0.15) is 113 Å². The summed E-state index contributed by atoms with van der Waals surface area (Å²) in [5, 5.41) is 0.469. The third-order valence-corrected chi connectivity index (χ3v) is 9.74. The molecule has 0 saturated carbocycles. The molecule has 296 valence electrons. The van der Waals surface area contributed by atoms with E-state index in [0.29, 0.717) is 18.2 Å². The first-order valence-electron chi connectivity index (χ1n) is 18.8. The summed E-state index contributed by atoms with van der Waals surface area (Å²) < 4.78 is 43.4. The van der Waals surface area contributed by atoms with Crippen molar-refractivity contribution in [1.82, 2.24) is 25.2 Å². The number of hydroxylamine groups is 3. The summed E-state index contributed by atoms with van der Waals surface area (Å²) in [5.74, 6) is -1.09. The quantitative estimate of drug-likeness (QED) is 0.0939. The summed E-state index contributed by atoms with van der Waals surface area (Å²) in [6, 6.07) is -2.55. The number of amides is 5. The van der Waals surface area contributed by atoms with E-state index in [0.717, 1.165) is 4.90 Å². The molecule has 0 radical (unpaired) electrons. The van der Waals surface area contributed by atoms with Gasteiger partial charge in [0.2, 0.25) is 10.4 Å². The lowest BCUT2D eigenvalue weighted by Crippen LogP contribution is -2.53. The molecule has 0 aromatic rings. The van der Waals surface area contributed by atoms with Crippen molar-refractivity contribution in [2.45, 2.75) is 130 Å². The fourth-order valence-corrected chi connectivity index (χ4v) is 6.92. The fourth-order valence-electron chi connectivity index (χ4n) is 6.54. The first-order valence-corrected chi connectivity index (χ1v) is 20.1. The Bertz CT molecular complexity index is 1180. The number of unbranched alkanes of at least 4 members (excludes halogenated alkanes) is 4. The number of rotatable bonds is 18. The minimum absolute atomic E-state index is 0.00724. The third-order valence-electron chi connectivity index (χ3n) is 9.39. The second-order valence-electron chi connectivity index (χ2n) is 14.7. The van der Waals surface area contributed by atoms with E-state index >= 15 is 0 Å². The predicted molar refractivity (Wildman–Crippen MR) is 189 cm³/mol. The number of hydrogen-bond donors (Lipinski definition) is 1. The lowest BCUT2D eigenvalue weighted by atomic mass is 10.0. The van der Waals surface area contributed by atoms with Crippen molar-refractivity contribution in [3.05, 3.63) is 0 Å². The Morgan fingerprint density at radius 1 is 0.843 bits per heavy atom. The lowest BCUT2D eigenvalue weighted by molar-refractivity contribution is -0.929. The zero-order chi connectivity index (χ0) is 38.2. The number of urea groups is 1. The van der Waals surface area contributed by atoms with Crippen molar-refractivity contribution in [1.29, 1.82) is 0 Å². The summed E-state index contributed by atoms with van der Waals surface area (Å²) in [5.41, 5.74) is 1.52. The number of piperidine rings is 1. The average molecular weight is 749 g/mol. The van der Waals surface area contributed by atoms with Gasteiger partial charge in [-0.15, -0.1) is 0 Å². The van der Waals surface area contributed by atoms with E-state index in [2.05, 4.69) is 37.5 Å². The van der Waals surface area contributed by atoms with Crippen molar-refractivity contribution >= 4 is 34.3 Å². The van der Waals surface area contributed by atoms with Crippen LogP contribution < -0.4 is 5.48 Å². The van der Waals surface area contributed by atoms with Gasteiger partial charge in [0, 0.05) is 32.7 Å². The largest absolute Gasteiger partial charge is 0.724 e. The van der Waals surface area contributed by atoms with E-state index in [4.69, 9.17) is 9.57 Å². The Balaban J connectivity index is 0.000000449. The monoisotopic (exact) mass is 748 g/mol. The number of ether oxygens (including phenoxy) is 1. The minimum atomic E-state index is -5.14. The number of nitrogens with one attached hydrogen (secondary N) is 1. The van der Waals surface area contributed by atoms with Crippen molar-refractivity contribution in [3.8, 4) is 0 Å². The number of carbonyl (C=O) groups is 4. The maximum absolute atomic E-state index is 12.5. The molecule has 0 aliphatic carbocycles. The molecule has 3 fully saturated rings. The van der Waals surface area contributed by atoms with Gasteiger partial charge < -0.3 is 28.5 Å². The van der Waals surface area contributed by atoms with Gasteiger partial charge in [-0.25, -0.2) is 23.5 Å². The average Bonchev–Trinajstić information content (AvgIpc) is 3.30. The molecular weight excluding hydrogens is 684 g/mol. The molecule has 3 aliphatic rings. The van der Waals surface area contributed by atoms with Crippen LogP contribution in [0.3, 0.4) is 0 Å². The zero-order valence-corrected chi connectivity index (χ0v) is 32.8. The molecular formula is C34H64N6O10S. The summed E-state index contributed by atoms with van der Waals surface area (Å²) >= 11 is 0. The maximum atomic E-state index is 12.5. The molecule has 2 atom stereocenters. The van der Waals surface area contributed by atoms with Crippen molar-refractivity contribution < 1.29 is 50.5 Å². The van der Waals surface area contributed by atoms with Gasteiger partial charge in [-0.2, -0.15) is 9.35 Å². The maximum Gasteiger partial charge on any atom is 0.410 e. The second-order valence-corrected chi connectivity index (χ2v) is 15.7. The van der Waals surface area contributed by atoms with Crippen molar-refractivity contribution in [2.24, 2.45) is 0 Å². The number of quaternary nitrogens is 1. The normalized spacial score (nSPS) is 19.5. The van der Waals surface area contributed by atoms with Crippen LogP contribution in [0.2, 0.25) is 0 Å². The van der Waals surface area contributed by atoms with Crippen LogP contribution in [0.15, 0.2) is 0 Å². The molecule has 3 aliphatic heterocycles. The van der Waals surface area contributed by atoms with Crippen LogP contribution in [-0.4, -0.2) is 144 Å². The molecule has 5 amide bonds. The van der Waals surface area contributed by atoms with Crippen molar-refractivity contribution in [3.63, 3.8) is 0 Å². The fraction of sp³-hybridized carbons (Fsp3) is 0.882. The number of hydrogen-bond acceptors (Lipinski definition) is 10. The van der Waals surface area contributed by atoms with Crippen molar-refractivity contribution in [2.75, 3.05) is 65.5 Å². The van der Waals surface area contributed by atoms with Crippen LogP contribution in [-0.2, 0) is 33.8 Å². The van der Waals surface area contributed by atoms with Gasteiger partial charge in [0.15, 0.2) is 6.61 Å². The summed E-state index contributed by atoms with van der Waals surface area (Å²) in [4.78, 5) is 58.3. The van der Waals surface area contributed by atoms with E-state index in [1.807, 2.05) is 0 Å². The molecule has 2 bridgehead atoms. The standard InChI is InChI=1S/C18H29N5O10S.C16H36N/c1-18(2,3)32-17(27)21-8-6-20(7-9-21)14(24)11-31-19-15(25)13-5-4-12-10-22(13)16(26)23(12)33-34(28,29)30;1-5-9-13-17(14-10-6-2,15-11-7-3)16-12-8-4/h12-13H,4-11H2,1-3H3,(H,19,25)(H,28,29,30);5-16H2,1-4H3/q;+1/p-1/t12-,13+;/m1./s1. The molecule has 3 heterocycles. The molecule has 0 aromatic carbocycles. The number of piperazine rings is 1. The first kappa shape index (κ1) is 44.4. The molecule has 17 heteroatoms. The highest BCUT2D eigenvalue weighted by Crippen LogP contribution is 2.30. The van der Waals surface area contributed by atoms with Gasteiger partial charge >= 0.3 is 12.1 Å². The lowest BCUT2D eigenvalue weighted by Gasteiger charge is -2.39. The number of fused-ring (bicyclic) bond motifs is 2.